The van der Waals surface area contributed by atoms with Crippen LogP contribution >= 0.6 is 0 Å². The highest BCUT2D eigenvalue weighted by atomic mass is 16.5. The molecule has 1 aromatic rings. The van der Waals surface area contributed by atoms with Gasteiger partial charge >= 0.3 is 0 Å². The minimum Gasteiger partial charge on any atom is -0.497 e. The van der Waals surface area contributed by atoms with Gasteiger partial charge in [-0.2, -0.15) is 0 Å². The molecule has 0 spiro atoms. The average Bonchev–Trinajstić information content (AvgIpc) is 2.38. The van der Waals surface area contributed by atoms with E-state index in [4.69, 9.17) is 10.5 Å². The van der Waals surface area contributed by atoms with E-state index in [0.29, 0.717) is 6.04 Å². The number of aromatic nitrogens is 1. The summed E-state index contributed by atoms with van der Waals surface area (Å²) in [7, 11) is 1.70. The summed E-state index contributed by atoms with van der Waals surface area (Å²) >= 11 is 0. The third-order valence-corrected chi connectivity index (χ3v) is 3.85. The highest BCUT2D eigenvalue weighted by molar-refractivity contribution is 5.26. The number of hydrogen-bond acceptors (Lipinski definition) is 4. The van der Waals surface area contributed by atoms with Crippen molar-refractivity contribution < 1.29 is 4.74 Å². The zero-order chi connectivity index (χ0) is 13.8. The minimum atomic E-state index is 0.215. The lowest BCUT2D eigenvalue weighted by Gasteiger charge is -2.37. The van der Waals surface area contributed by atoms with Crippen LogP contribution in [0.1, 0.15) is 37.6 Å². The molecule has 4 heteroatoms. The molecule has 1 aliphatic heterocycles. The maximum Gasteiger partial charge on any atom is 0.122 e. The van der Waals surface area contributed by atoms with E-state index in [9.17, 15) is 0 Å². The average molecular weight is 263 g/mol. The Balaban J connectivity index is 2.12. The normalized spacial score (nSPS) is 22.2. The first-order valence-electron chi connectivity index (χ1n) is 7.11. The zero-order valence-electron chi connectivity index (χ0n) is 12.2. The van der Waals surface area contributed by atoms with Crippen LogP contribution in [0.4, 0.5) is 0 Å². The highest BCUT2D eigenvalue weighted by Gasteiger charge is 2.25. The second-order valence-electron chi connectivity index (χ2n) is 5.53. The Hall–Kier alpha value is -1.13. The fourth-order valence-electron chi connectivity index (χ4n) is 2.92. The summed E-state index contributed by atoms with van der Waals surface area (Å²) < 4.78 is 5.32. The number of nitrogens with zero attached hydrogens (tertiary/aromatic N) is 2. The lowest BCUT2D eigenvalue weighted by atomic mass is 9.97. The smallest absolute Gasteiger partial charge is 0.122 e. The Labute approximate surface area is 116 Å². The minimum absolute atomic E-state index is 0.215. The fourth-order valence-corrected chi connectivity index (χ4v) is 2.92. The van der Waals surface area contributed by atoms with Crippen LogP contribution in [-0.4, -0.2) is 35.6 Å². The molecular weight excluding hydrogens is 238 g/mol. The molecule has 0 aromatic carbocycles. The lowest BCUT2D eigenvalue weighted by Crippen LogP contribution is -2.48. The molecular formula is C15H25N3O. The molecule has 0 aliphatic carbocycles. The predicted octanol–water partition coefficient (Wildman–Crippen LogP) is 2.10. The Morgan fingerprint density at radius 2 is 2.26 bits per heavy atom. The van der Waals surface area contributed by atoms with E-state index in [0.717, 1.165) is 30.2 Å². The number of nitrogens with two attached hydrogens (primary N) is 1. The molecule has 2 atom stereocenters. The number of hydrogen-bond donors (Lipinski definition) is 1. The van der Waals surface area contributed by atoms with E-state index in [2.05, 4.69) is 16.8 Å². The topological polar surface area (TPSA) is 51.4 Å². The molecule has 106 valence electrons. The first kappa shape index (κ1) is 14.3. The van der Waals surface area contributed by atoms with Crippen molar-refractivity contribution in [2.24, 2.45) is 5.73 Å². The molecule has 2 unspecified atom stereocenters. The molecule has 1 fully saturated rings. The van der Waals surface area contributed by atoms with Crippen LogP contribution in [0.3, 0.4) is 0 Å². The van der Waals surface area contributed by atoms with Gasteiger partial charge in [-0.25, -0.2) is 0 Å². The Morgan fingerprint density at radius 1 is 1.47 bits per heavy atom. The molecule has 1 saturated heterocycles. The Kier molecular flexibility index (Phi) is 4.77. The van der Waals surface area contributed by atoms with Gasteiger partial charge in [-0.15, -0.1) is 0 Å². The van der Waals surface area contributed by atoms with Crippen LogP contribution in [0, 0.1) is 6.92 Å². The largest absolute Gasteiger partial charge is 0.497 e. The molecule has 2 rings (SSSR count). The van der Waals surface area contributed by atoms with Gasteiger partial charge in [0.15, 0.2) is 0 Å². The van der Waals surface area contributed by atoms with E-state index < -0.39 is 0 Å². The molecule has 2 N–H and O–H groups in total. The van der Waals surface area contributed by atoms with Crippen LogP contribution in [0.2, 0.25) is 0 Å². The molecule has 19 heavy (non-hydrogen) atoms. The monoisotopic (exact) mass is 263 g/mol. The van der Waals surface area contributed by atoms with Gasteiger partial charge in [0.25, 0.3) is 0 Å². The number of methoxy groups -OCH3 is 1. The van der Waals surface area contributed by atoms with Crippen molar-refractivity contribution in [3.63, 3.8) is 0 Å². The summed E-state index contributed by atoms with van der Waals surface area (Å²) in [5, 5.41) is 0. The van der Waals surface area contributed by atoms with Crippen molar-refractivity contribution >= 4 is 0 Å². The summed E-state index contributed by atoms with van der Waals surface area (Å²) in [6, 6.07) is 4.68. The van der Waals surface area contributed by atoms with Gasteiger partial charge in [0.1, 0.15) is 5.75 Å². The molecule has 0 saturated carbocycles. The highest BCUT2D eigenvalue weighted by Crippen LogP contribution is 2.22. The molecule has 2 heterocycles. The molecule has 0 amide bonds. The summed E-state index contributed by atoms with van der Waals surface area (Å²) in [5.41, 5.74) is 8.19. The van der Waals surface area contributed by atoms with Gasteiger partial charge in [0.2, 0.25) is 0 Å². The quantitative estimate of drug-likeness (QED) is 0.904. The van der Waals surface area contributed by atoms with E-state index in [1.165, 1.54) is 19.3 Å². The maximum absolute atomic E-state index is 6.11. The summed E-state index contributed by atoms with van der Waals surface area (Å²) in [5.74, 6) is 0.886. The second kappa shape index (κ2) is 6.35. The molecule has 4 nitrogen and oxygen atoms in total. The molecule has 1 aromatic heterocycles. The van der Waals surface area contributed by atoms with Gasteiger partial charge in [0.05, 0.1) is 12.8 Å². The van der Waals surface area contributed by atoms with Gasteiger partial charge in [-0.1, -0.05) is 6.42 Å². The maximum atomic E-state index is 6.11. The Bertz CT molecular complexity index is 420. The summed E-state index contributed by atoms with van der Waals surface area (Å²) in [4.78, 5) is 7.07. The number of likely N-dealkylation sites (tertiary alicyclic amines) is 1. The lowest BCUT2D eigenvalue weighted by molar-refractivity contribution is 0.121. The summed E-state index contributed by atoms with van der Waals surface area (Å²) in [6.45, 7) is 6.09. The number of rotatable bonds is 4. The Morgan fingerprint density at radius 3 is 2.95 bits per heavy atom. The number of ether oxygens (including phenoxy) is 1. The van der Waals surface area contributed by atoms with Crippen molar-refractivity contribution in [1.82, 2.24) is 9.88 Å². The van der Waals surface area contributed by atoms with Gasteiger partial charge in [-0.05, 0) is 33.2 Å². The van der Waals surface area contributed by atoms with E-state index in [-0.39, 0.29) is 6.04 Å². The van der Waals surface area contributed by atoms with Crippen molar-refractivity contribution in [1.29, 1.82) is 0 Å². The van der Waals surface area contributed by atoms with Gasteiger partial charge < -0.3 is 10.5 Å². The van der Waals surface area contributed by atoms with Crippen LogP contribution in [0.5, 0.6) is 5.75 Å². The van der Waals surface area contributed by atoms with Gasteiger partial charge in [0, 0.05) is 36.5 Å². The van der Waals surface area contributed by atoms with E-state index in [1.54, 1.807) is 7.11 Å². The number of piperidine rings is 1. The van der Waals surface area contributed by atoms with Gasteiger partial charge in [-0.3, -0.25) is 9.88 Å². The SMILES string of the molecule is COc1cc(C)nc(CN2CCCCC2C(C)N)c1. The van der Waals surface area contributed by atoms with Crippen LogP contribution < -0.4 is 10.5 Å². The van der Waals surface area contributed by atoms with E-state index >= 15 is 0 Å². The van der Waals surface area contributed by atoms with Crippen molar-refractivity contribution in [2.75, 3.05) is 13.7 Å². The van der Waals surface area contributed by atoms with Crippen LogP contribution in [-0.2, 0) is 6.54 Å². The van der Waals surface area contributed by atoms with E-state index in [1.807, 2.05) is 19.1 Å². The van der Waals surface area contributed by atoms with Crippen LogP contribution in [0.15, 0.2) is 12.1 Å². The van der Waals surface area contributed by atoms with Crippen LogP contribution in [0.25, 0.3) is 0 Å². The predicted molar refractivity (Wildman–Crippen MR) is 77.2 cm³/mol. The third-order valence-electron chi connectivity index (χ3n) is 3.85. The molecule has 0 bridgehead atoms. The molecule has 1 aliphatic rings. The first-order valence-corrected chi connectivity index (χ1v) is 7.11. The second-order valence-corrected chi connectivity index (χ2v) is 5.53. The zero-order valence-corrected chi connectivity index (χ0v) is 12.2. The standard InChI is InChI=1S/C15H25N3O/c1-11-8-14(19-3)9-13(17-11)10-18-7-5-4-6-15(18)12(2)16/h8-9,12,15H,4-7,10,16H2,1-3H3. The molecule has 0 radical (unpaired) electrons. The fraction of sp³-hybridized carbons (Fsp3) is 0.667. The number of pyridine rings is 1. The summed E-state index contributed by atoms with van der Waals surface area (Å²) in [6.07, 6.45) is 3.74. The first-order chi connectivity index (χ1) is 9.10. The van der Waals surface area contributed by atoms with Crippen molar-refractivity contribution in [2.45, 2.75) is 51.7 Å². The van der Waals surface area contributed by atoms with Crippen molar-refractivity contribution in [3.8, 4) is 5.75 Å². The third kappa shape index (κ3) is 3.67. The van der Waals surface area contributed by atoms with Crippen molar-refractivity contribution in [3.05, 3.63) is 23.5 Å². The number of aryl methyl sites for hydroxylation is 1.